The van der Waals surface area contributed by atoms with Crippen molar-refractivity contribution in [3.8, 4) is 0 Å². The average Bonchev–Trinajstić information content (AvgIpc) is 2.26. The summed E-state index contributed by atoms with van der Waals surface area (Å²) in [6.07, 6.45) is 1.83. The quantitative estimate of drug-likeness (QED) is 0.589. The lowest BCUT2D eigenvalue weighted by Gasteiger charge is -2.28. The third kappa shape index (κ3) is 6.37. The van der Waals surface area contributed by atoms with Crippen molar-refractivity contribution < 1.29 is 9.84 Å². The molecule has 4 nitrogen and oxygen atoms in total. The SMILES string of the molecule is CSCCNCC(O)CN1CCOCC1. The summed E-state index contributed by atoms with van der Waals surface area (Å²) in [7, 11) is 0. The first kappa shape index (κ1) is 13.3. The number of hydrogen-bond acceptors (Lipinski definition) is 5. The van der Waals surface area contributed by atoms with Crippen LogP contribution in [0.5, 0.6) is 0 Å². The molecule has 0 amide bonds. The van der Waals surface area contributed by atoms with Gasteiger partial charge in [0.1, 0.15) is 0 Å². The Morgan fingerprint density at radius 2 is 2.20 bits per heavy atom. The van der Waals surface area contributed by atoms with Crippen molar-refractivity contribution in [3.05, 3.63) is 0 Å². The number of β-amino-alcohol motifs (C(OH)–C–C–N with tert-alkyl or cyclic N) is 1. The Morgan fingerprint density at radius 1 is 1.47 bits per heavy atom. The van der Waals surface area contributed by atoms with Crippen LogP contribution < -0.4 is 5.32 Å². The molecule has 1 rings (SSSR count). The van der Waals surface area contributed by atoms with Crippen LogP contribution in [0, 0.1) is 0 Å². The number of rotatable bonds is 7. The summed E-state index contributed by atoms with van der Waals surface area (Å²) >= 11 is 1.82. The number of thioether (sulfide) groups is 1. The number of nitrogens with zero attached hydrogens (tertiary/aromatic N) is 1. The Labute approximate surface area is 96.4 Å². The summed E-state index contributed by atoms with van der Waals surface area (Å²) < 4.78 is 5.25. The van der Waals surface area contributed by atoms with Gasteiger partial charge in [0.05, 0.1) is 19.3 Å². The molecule has 1 saturated heterocycles. The van der Waals surface area contributed by atoms with Gasteiger partial charge in [-0.05, 0) is 6.26 Å². The average molecular weight is 234 g/mol. The Hall–Kier alpha value is 0.190. The lowest BCUT2D eigenvalue weighted by Crippen LogP contribution is -2.43. The number of aliphatic hydroxyl groups excluding tert-OH is 1. The fourth-order valence-electron chi connectivity index (χ4n) is 1.59. The molecule has 1 aliphatic heterocycles. The molecule has 1 fully saturated rings. The van der Waals surface area contributed by atoms with Gasteiger partial charge in [0.2, 0.25) is 0 Å². The van der Waals surface area contributed by atoms with Crippen LogP contribution in [0.25, 0.3) is 0 Å². The maximum atomic E-state index is 9.75. The van der Waals surface area contributed by atoms with E-state index in [9.17, 15) is 5.11 Å². The number of morpholine rings is 1. The number of nitrogens with one attached hydrogen (secondary N) is 1. The summed E-state index contributed by atoms with van der Waals surface area (Å²) in [6, 6.07) is 0. The maximum absolute atomic E-state index is 9.75. The molecule has 15 heavy (non-hydrogen) atoms. The fraction of sp³-hybridized carbons (Fsp3) is 1.00. The van der Waals surface area contributed by atoms with E-state index in [2.05, 4.69) is 16.5 Å². The second-order valence-electron chi connectivity index (χ2n) is 3.76. The zero-order chi connectivity index (χ0) is 10.9. The van der Waals surface area contributed by atoms with E-state index in [1.165, 1.54) is 0 Å². The lowest BCUT2D eigenvalue weighted by atomic mass is 10.3. The van der Waals surface area contributed by atoms with Crippen LogP contribution in [0.2, 0.25) is 0 Å². The summed E-state index contributed by atoms with van der Waals surface area (Å²) in [4.78, 5) is 2.25. The van der Waals surface area contributed by atoms with E-state index in [-0.39, 0.29) is 6.10 Å². The molecular formula is C10H22N2O2S. The molecule has 0 aromatic heterocycles. The Kier molecular flexibility index (Phi) is 7.38. The van der Waals surface area contributed by atoms with Gasteiger partial charge in [0.15, 0.2) is 0 Å². The highest BCUT2D eigenvalue weighted by Crippen LogP contribution is 1.98. The first-order valence-electron chi connectivity index (χ1n) is 5.50. The molecule has 0 bridgehead atoms. The van der Waals surface area contributed by atoms with E-state index in [1.54, 1.807) is 0 Å². The molecule has 1 heterocycles. The van der Waals surface area contributed by atoms with Gasteiger partial charge in [0.25, 0.3) is 0 Å². The number of hydrogen-bond donors (Lipinski definition) is 2. The lowest BCUT2D eigenvalue weighted by molar-refractivity contribution is 0.0150. The second kappa shape index (κ2) is 8.35. The predicted molar refractivity (Wildman–Crippen MR) is 64.5 cm³/mol. The third-order valence-corrected chi connectivity index (χ3v) is 3.05. The summed E-state index contributed by atoms with van der Waals surface area (Å²) in [6.45, 7) is 5.91. The van der Waals surface area contributed by atoms with Gasteiger partial charge in [-0.1, -0.05) is 0 Å². The van der Waals surface area contributed by atoms with E-state index in [4.69, 9.17) is 4.74 Å². The molecule has 90 valence electrons. The molecule has 1 atom stereocenters. The standard InChI is InChI=1S/C10H22N2O2S/c1-15-7-2-11-8-10(13)9-12-3-5-14-6-4-12/h10-11,13H,2-9H2,1H3. The summed E-state index contributed by atoms with van der Waals surface area (Å²) in [5, 5.41) is 13.0. The Bertz CT molecular complexity index is 154. The Balaban J connectivity index is 1.98. The second-order valence-corrected chi connectivity index (χ2v) is 4.75. The molecule has 0 radical (unpaired) electrons. The maximum Gasteiger partial charge on any atom is 0.0791 e. The first-order valence-corrected chi connectivity index (χ1v) is 6.90. The normalized spacial score (nSPS) is 20.4. The van der Waals surface area contributed by atoms with Gasteiger partial charge in [-0.25, -0.2) is 0 Å². The van der Waals surface area contributed by atoms with Crippen molar-refractivity contribution in [2.45, 2.75) is 6.10 Å². The molecule has 2 N–H and O–H groups in total. The fourth-order valence-corrected chi connectivity index (χ4v) is 1.94. The van der Waals surface area contributed by atoms with Gasteiger partial charge in [-0.2, -0.15) is 11.8 Å². The van der Waals surface area contributed by atoms with Gasteiger partial charge in [-0.3, -0.25) is 4.90 Å². The molecular weight excluding hydrogens is 212 g/mol. The first-order chi connectivity index (χ1) is 7.33. The number of ether oxygens (including phenoxy) is 1. The highest BCUT2D eigenvalue weighted by atomic mass is 32.2. The minimum Gasteiger partial charge on any atom is -0.390 e. The predicted octanol–water partition coefficient (Wildman–Crippen LogP) is -0.368. The smallest absolute Gasteiger partial charge is 0.0791 e. The molecule has 0 aromatic carbocycles. The van der Waals surface area contributed by atoms with Crippen molar-refractivity contribution in [1.29, 1.82) is 0 Å². The minimum atomic E-state index is -0.259. The van der Waals surface area contributed by atoms with Crippen LogP contribution >= 0.6 is 11.8 Å². The van der Waals surface area contributed by atoms with Crippen LogP contribution in [0.4, 0.5) is 0 Å². The van der Waals surface area contributed by atoms with Crippen molar-refractivity contribution in [3.63, 3.8) is 0 Å². The highest BCUT2D eigenvalue weighted by Gasteiger charge is 2.14. The van der Waals surface area contributed by atoms with Gasteiger partial charge < -0.3 is 15.2 Å². The Morgan fingerprint density at radius 3 is 2.87 bits per heavy atom. The molecule has 1 unspecified atom stereocenters. The number of aliphatic hydroxyl groups is 1. The zero-order valence-electron chi connectivity index (χ0n) is 9.45. The van der Waals surface area contributed by atoms with Crippen molar-refractivity contribution in [2.24, 2.45) is 0 Å². The van der Waals surface area contributed by atoms with Crippen molar-refractivity contribution in [2.75, 3.05) is 57.9 Å². The molecule has 0 spiro atoms. The van der Waals surface area contributed by atoms with Gasteiger partial charge in [0, 0.05) is 38.5 Å². The molecule has 0 saturated carbocycles. The van der Waals surface area contributed by atoms with Gasteiger partial charge in [-0.15, -0.1) is 0 Å². The molecule has 0 aliphatic carbocycles. The van der Waals surface area contributed by atoms with Crippen LogP contribution in [-0.2, 0) is 4.74 Å². The van der Waals surface area contributed by atoms with Crippen LogP contribution in [0.15, 0.2) is 0 Å². The van der Waals surface area contributed by atoms with E-state index in [1.807, 2.05) is 11.8 Å². The van der Waals surface area contributed by atoms with Crippen LogP contribution in [0.1, 0.15) is 0 Å². The monoisotopic (exact) mass is 234 g/mol. The molecule has 0 aromatic rings. The van der Waals surface area contributed by atoms with E-state index in [0.717, 1.165) is 45.1 Å². The highest BCUT2D eigenvalue weighted by molar-refractivity contribution is 7.98. The van der Waals surface area contributed by atoms with Crippen LogP contribution in [-0.4, -0.2) is 74.1 Å². The topological polar surface area (TPSA) is 44.7 Å². The molecule has 1 aliphatic rings. The minimum absolute atomic E-state index is 0.259. The summed E-state index contributed by atoms with van der Waals surface area (Å²) in [5.41, 5.74) is 0. The van der Waals surface area contributed by atoms with E-state index >= 15 is 0 Å². The van der Waals surface area contributed by atoms with E-state index in [0.29, 0.717) is 6.54 Å². The van der Waals surface area contributed by atoms with Crippen molar-refractivity contribution in [1.82, 2.24) is 10.2 Å². The van der Waals surface area contributed by atoms with Gasteiger partial charge >= 0.3 is 0 Å². The molecule has 5 heteroatoms. The van der Waals surface area contributed by atoms with Crippen LogP contribution in [0.3, 0.4) is 0 Å². The van der Waals surface area contributed by atoms with E-state index < -0.39 is 0 Å². The van der Waals surface area contributed by atoms with Crippen molar-refractivity contribution >= 4 is 11.8 Å². The zero-order valence-corrected chi connectivity index (χ0v) is 10.3. The third-order valence-electron chi connectivity index (χ3n) is 2.44. The summed E-state index contributed by atoms with van der Waals surface area (Å²) in [5.74, 6) is 1.10. The largest absolute Gasteiger partial charge is 0.390 e.